The van der Waals surface area contributed by atoms with Crippen molar-refractivity contribution in [3.05, 3.63) is 30.1 Å². The van der Waals surface area contributed by atoms with Crippen LogP contribution in [0.4, 0.5) is 0 Å². The van der Waals surface area contributed by atoms with Gasteiger partial charge in [0.25, 0.3) is 0 Å². The Morgan fingerprint density at radius 2 is 2.44 bits per heavy atom. The highest BCUT2D eigenvalue weighted by atomic mass is 32.2. The monoisotopic (exact) mass is 269 g/mol. The molecule has 1 atom stereocenters. The van der Waals surface area contributed by atoms with Gasteiger partial charge < -0.3 is 10.4 Å². The molecule has 1 heterocycles. The Balaban J connectivity index is 2.48. The molecule has 1 aromatic heterocycles. The third-order valence-corrected chi connectivity index (χ3v) is 3.48. The molecule has 5 heteroatoms. The summed E-state index contributed by atoms with van der Waals surface area (Å²) in [6.07, 6.45) is 6.93. The molecule has 1 rings (SSSR count). The number of aryl methyl sites for hydroxylation is 1. The molecule has 0 saturated heterocycles. The highest BCUT2D eigenvalue weighted by molar-refractivity contribution is 7.98. The molecule has 0 radical (unpaired) electrons. The van der Waals surface area contributed by atoms with Crippen molar-refractivity contribution in [1.29, 1.82) is 0 Å². The van der Waals surface area contributed by atoms with Crippen molar-refractivity contribution in [2.45, 2.75) is 32.5 Å². The van der Waals surface area contributed by atoms with Crippen LogP contribution in [0, 0.1) is 6.92 Å². The van der Waals surface area contributed by atoms with Crippen molar-refractivity contribution in [2.75, 3.05) is 18.6 Å². The Morgan fingerprint density at radius 3 is 3.06 bits per heavy atom. The van der Waals surface area contributed by atoms with E-state index in [1.165, 1.54) is 5.56 Å². The lowest BCUT2D eigenvalue weighted by Crippen LogP contribution is -2.32. The molecule has 4 nitrogen and oxygen atoms in total. The number of aliphatic hydroxyl groups excluding tert-OH is 1. The van der Waals surface area contributed by atoms with E-state index in [0.717, 1.165) is 31.0 Å². The summed E-state index contributed by atoms with van der Waals surface area (Å²) in [5, 5.41) is 17.1. The van der Waals surface area contributed by atoms with E-state index in [-0.39, 0.29) is 12.6 Å². The molecule has 0 aliphatic heterocycles. The van der Waals surface area contributed by atoms with E-state index in [9.17, 15) is 5.11 Å². The summed E-state index contributed by atoms with van der Waals surface area (Å²) >= 11 is 1.80. The Hall–Kier alpha value is -0.780. The van der Waals surface area contributed by atoms with Crippen LogP contribution in [0.15, 0.2) is 18.9 Å². The lowest BCUT2D eigenvalue weighted by molar-refractivity contribution is 0.239. The van der Waals surface area contributed by atoms with Gasteiger partial charge in [-0.1, -0.05) is 6.08 Å². The maximum absolute atomic E-state index is 9.28. The van der Waals surface area contributed by atoms with Crippen LogP contribution in [0.3, 0.4) is 0 Å². The Kier molecular flexibility index (Phi) is 7.08. The van der Waals surface area contributed by atoms with Crippen molar-refractivity contribution in [3.8, 4) is 0 Å². The van der Waals surface area contributed by atoms with E-state index in [0.29, 0.717) is 0 Å². The molecule has 0 fully saturated rings. The van der Waals surface area contributed by atoms with E-state index in [1.54, 1.807) is 11.8 Å². The Morgan fingerprint density at radius 1 is 1.67 bits per heavy atom. The topological polar surface area (TPSA) is 50.1 Å². The fourth-order valence-corrected chi connectivity index (χ4v) is 2.25. The fraction of sp³-hybridized carbons (Fsp3) is 0.615. The van der Waals surface area contributed by atoms with Crippen LogP contribution in [-0.4, -0.2) is 39.5 Å². The van der Waals surface area contributed by atoms with Crippen molar-refractivity contribution >= 4 is 11.8 Å². The van der Waals surface area contributed by atoms with Crippen LogP contribution >= 0.6 is 11.8 Å². The predicted octanol–water partition coefficient (Wildman–Crippen LogP) is 1.58. The molecule has 0 spiro atoms. The zero-order valence-electron chi connectivity index (χ0n) is 11.2. The zero-order valence-corrected chi connectivity index (χ0v) is 12.0. The lowest BCUT2D eigenvalue weighted by atomic mass is 10.2. The standard InChI is InChI=1S/C13H23N3OS/c1-4-6-16-9-12(11(2)15-16)8-14-13(10-17)5-7-18-3/h4,9,13-14,17H,1,5-8,10H2,2-3H3/t13-/m0/s1. The summed E-state index contributed by atoms with van der Waals surface area (Å²) in [5.74, 6) is 1.06. The zero-order chi connectivity index (χ0) is 13.4. The first-order valence-electron chi connectivity index (χ1n) is 6.18. The van der Waals surface area contributed by atoms with Crippen molar-refractivity contribution < 1.29 is 5.11 Å². The quantitative estimate of drug-likeness (QED) is 0.668. The van der Waals surface area contributed by atoms with Gasteiger partial charge in [-0.25, -0.2) is 0 Å². The summed E-state index contributed by atoms with van der Waals surface area (Å²) in [6.45, 7) is 7.38. The van der Waals surface area contributed by atoms with Gasteiger partial charge in [0.05, 0.1) is 18.8 Å². The number of aromatic nitrogens is 2. The average Bonchev–Trinajstić information content (AvgIpc) is 2.71. The first-order valence-corrected chi connectivity index (χ1v) is 7.57. The van der Waals surface area contributed by atoms with Crippen LogP contribution in [0.5, 0.6) is 0 Å². The van der Waals surface area contributed by atoms with E-state index in [4.69, 9.17) is 0 Å². The number of allylic oxidation sites excluding steroid dienone is 1. The number of hydrogen-bond donors (Lipinski definition) is 2. The van der Waals surface area contributed by atoms with E-state index >= 15 is 0 Å². The second-order valence-electron chi connectivity index (χ2n) is 4.29. The highest BCUT2D eigenvalue weighted by Crippen LogP contribution is 2.07. The second kappa shape index (κ2) is 8.34. The van der Waals surface area contributed by atoms with Gasteiger partial charge in [0.1, 0.15) is 0 Å². The molecule has 0 bridgehead atoms. The summed E-state index contributed by atoms with van der Waals surface area (Å²) in [4.78, 5) is 0. The van der Waals surface area contributed by atoms with Gasteiger partial charge in [-0.3, -0.25) is 4.68 Å². The minimum atomic E-state index is 0.166. The number of hydrogen-bond acceptors (Lipinski definition) is 4. The summed E-state index contributed by atoms with van der Waals surface area (Å²) < 4.78 is 1.88. The first kappa shape index (κ1) is 15.3. The smallest absolute Gasteiger partial charge is 0.0638 e. The SMILES string of the molecule is C=CCn1cc(CN[C@H](CO)CCSC)c(C)n1. The van der Waals surface area contributed by atoms with Crippen LogP contribution in [0.2, 0.25) is 0 Å². The van der Waals surface area contributed by atoms with Crippen molar-refractivity contribution in [1.82, 2.24) is 15.1 Å². The first-order chi connectivity index (χ1) is 8.71. The summed E-state index contributed by atoms with van der Waals surface area (Å²) in [6, 6.07) is 0.166. The number of thioether (sulfide) groups is 1. The maximum Gasteiger partial charge on any atom is 0.0638 e. The molecule has 0 aromatic carbocycles. The minimum Gasteiger partial charge on any atom is -0.395 e. The van der Waals surface area contributed by atoms with Crippen LogP contribution in [0.25, 0.3) is 0 Å². The molecule has 1 aromatic rings. The number of nitrogens with one attached hydrogen (secondary N) is 1. The van der Waals surface area contributed by atoms with Gasteiger partial charge in [0.15, 0.2) is 0 Å². The average molecular weight is 269 g/mol. The highest BCUT2D eigenvalue weighted by Gasteiger charge is 2.09. The van der Waals surface area contributed by atoms with Crippen LogP contribution in [-0.2, 0) is 13.1 Å². The van der Waals surface area contributed by atoms with Gasteiger partial charge in [0, 0.05) is 24.3 Å². The third kappa shape index (κ3) is 4.84. The molecule has 0 saturated carbocycles. The van der Waals surface area contributed by atoms with Gasteiger partial charge in [-0.15, -0.1) is 6.58 Å². The van der Waals surface area contributed by atoms with Crippen molar-refractivity contribution in [2.24, 2.45) is 0 Å². The maximum atomic E-state index is 9.28. The van der Waals surface area contributed by atoms with Crippen LogP contribution in [0.1, 0.15) is 17.7 Å². The number of rotatable bonds is 9. The van der Waals surface area contributed by atoms with Crippen molar-refractivity contribution in [3.63, 3.8) is 0 Å². The fourth-order valence-electron chi connectivity index (χ4n) is 1.73. The van der Waals surface area contributed by atoms with Gasteiger partial charge in [0.2, 0.25) is 0 Å². The molecule has 102 valence electrons. The lowest BCUT2D eigenvalue weighted by Gasteiger charge is -2.15. The molecule has 2 N–H and O–H groups in total. The molecule has 0 unspecified atom stereocenters. The van der Waals surface area contributed by atoms with Crippen LogP contribution < -0.4 is 5.32 Å². The largest absolute Gasteiger partial charge is 0.395 e. The Bertz CT molecular complexity index is 365. The van der Waals surface area contributed by atoms with E-state index in [1.807, 2.05) is 23.9 Å². The van der Waals surface area contributed by atoms with E-state index in [2.05, 4.69) is 23.3 Å². The van der Waals surface area contributed by atoms with Gasteiger partial charge in [-0.05, 0) is 25.4 Å². The number of nitrogens with zero attached hydrogens (tertiary/aromatic N) is 2. The molecule has 0 amide bonds. The molecule has 0 aliphatic carbocycles. The number of aliphatic hydroxyl groups is 1. The van der Waals surface area contributed by atoms with Gasteiger partial charge >= 0.3 is 0 Å². The molecular formula is C13H23N3OS. The minimum absolute atomic E-state index is 0.166. The summed E-state index contributed by atoms with van der Waals surface area (Å²) in [5.41, 5.74) is 2.21. The normalized spacial score (nSPS) is 12.6. The Labute approximate surface area is 113 Å². The summed E-state index contributed by atoms with van der Waals surface area (Å²) in [7, 11) is 0. The van der Waals surface area contributed by atoms with Gasteiger partial charge in [-0.2, -0.15) is 16.9 Å². The second-order valence-corrected chi connectivity index (χ2v) is 5.28. The predicted molar refractivity (Wildman–Crippen MR) is 77.9 cm³/mol. The molecular weight excluding hydrogens is 246 g/mol. The molecule has 18 heavy (non-hydrogen) atoms. The van der Waals surface area contributed by atoms with E-state index < -0.39 is 0 Å². The third-order valence-electron chi connectivity index (χ3n) is 2.84. The molecule has 0 aliphatic rings.